The Hall–Kier alpha value is -4.31. The summed E-state index contributed by atoms with van der Waals surface area (Å²) in [5, 5.41) is 19.8. The molecular weight excluding hydrogens is 516 g/mol. The van der Waals surface area contributed by atoms with Gasteiger partial charge in [-0.1, -0.05) is 21.1 Å². The molecular formula is C25H17BrN4O5. The van der Waals surface area contributed by atoms with Crippen LogP contribution in [0.2, 0.25) is 0 Å². The number of nitrogens with zero attached hydrogens (tertiary/aromatic N) is 4. The first-order valence-electron chi connectivity index (χ1n) is 10.5. The number of hydrogen-bond acceptors (Lipinski definition) is 7. The number of benzene rings is 3. The normalized spacial score (nSPS) is 11.0. The Labute approximate surface area is 207 Å². The zero-order chi connectivity index (χ0) is 24.5. The second kappa shape index (κ2) is 9.15. The molecule has 0 amide bonds. The third-order valence-corrected chi connectivity index (χ3v) is 6.00. The van der Waals surface area contributed by atoms with Crippen LogP contribution < -0.4 is 4.74 Å². The fourth-order valence-corrected chi connectivity index (χ4v) is 3.88. The number of rotatable bonds is 7. The molecule has 0 fully saturated rings. The van der Waals surface area contributed by atoms with E-state index in [-0.39, 0.29) is 18.1 Å². The Morgan fingerprint density at radius 2 is 1.86 bits per heavy atom. The van der Waals surface area contributed by atoms with E-state index in [1.807, 2.05) is 25.1 Å². The quantitative estimate of drug-likeness (QED) is 0.148. The van der Waals surface area contributed by atoms with E-state index in [0.717, 1.165) is 15.4 Å². The van der Waals surface area contributed by atoms with Crippen LogP contribution in [0.15, 0.2) is 81.8 Å². The van der Waals surface area contributed by atoms with E-state index in [4.69, 9.17) is 9.15 Å². The number of carbonyl (C=O) groups excluding carboxylic acids is 1. The van der Waals surface area contributed by atoms with Crippen LogP contribution in [0.5, 0.6) is 5.75 Å². The summed E-state index contributed by atoms with van der Waals surface area (Å²) in [5.41, 5.74) is 3.08. The van der Waals surface area contributed by atoms with Crippen molar-refractivity contribution in [1.29, 1.82) is 0 Å². The van der Waals surface area contributed by atoms with Crippen molar-refractivity contribution in [2.75, 3.05) is 0 Å². The number of carbonyl (C=O) groups is 1. The summed E-state index contributed by atoms with van der Waals surface area (Å²) < 4.78 is 14.2. The molecule has 3 aromatic carbocycles. The van der Waals surface area contributed by atoms with Gasteiger partial charge in [0.1, 0.15) is 23.6 Å². The molecule has 10 heteroatoms. The number of nitro groups is 1. The first-order chi connectivity index (χ1) is 16.9. The molecule has 0 unspecified atom stereocenters. The van der Waals surface area contributed by atoms with Gasteiger partial charge in [-0.15, -0.1) is 5.10 Å². The molecule has 0 aliphatic heterocycles. The Kier molecular flexibility index (Phi) is 5.87. The van der Waals surface area contributed by atoms with Gasteiger partial charge in [0.2, 0.25) is 5.78 Å². The second-order valence-corrected chi connectivity index (χ2v) is 8.68. The number of furan rings is 1. The maximum atomic E-state index is 12.9. The third-order valence-electron chi connectivity index (χ3n) is 5.47. The zero-order valence-electron chi connectivity index (χ0n) is 18.3. The Morgan fingerprint density at radius 3 is 2.57 bits per heavy atom. The summed E-state index contributed by atoms with van der Waals surface area (Å²) in [7, 11) is 0. The molecule has 2 aromatic heterocycles. The van der Waals surface area contributed by atoms with Gasteiger partial charge in [0.05, 0.1) is 16.8 Å². The van der Waals surface area contributed by atoms with Crippen LogP contribution in [0.3, 0.4) is 0 Å². The van der Waals surface area contributed by atoms with E-state index < -0.39 is 4.92 Å². The maximum absolute atomic E-state index is 12.9. The Bertz CT molecular complexity index is 1560. The van der Waals surface area contributed by atoms with Gasteiger partial charge in [-0.05, 0) is 55.5 Å². The van der Waals surface area contributed by atoms with Crippen LogP contribution in [-0.2, 0) is 6.61 Å². The van der Waals surface area contributed by atoms with Crippen LogP contribution >= 0.6 is 15.9 Å². The number of non-ortho nitro benzene ring substituents is 1. The van der Waals surface area contributed by atoms with Gasteiger partial charge < -0.3 is 9.15 Å². The van der Waals surface area contributed by atoms with Crippen LogP contribution in [0.4, 0.5) is 5.69 Å². The minimum atomic E-state index is -0.457. The van der Waals surface area contributed by atoms with E-state index in [1.165, 1.54) is 16.8 Å². The third kappa shape index (κ3) is 4.56. The van der Waals surface area contributed by atoms with E-state index in [0.29, 0.717) is 34.0 Å². The van der Waals surface area contributed by atoms with Crippen molar-refractivity contribution in [3.63, 3.8) is 0 Å². The first kappa shape index (κ1) is 22.5. The fourth-order valence-electron chi connectivity index (χ4n) is 3.62. The van der Waals surface area contributed by atoms with Crippen molar-refractivity contribution in [2.24, 2.45) is 0 Å². The topological polar surface area (TPSA) is 113 Å². The smallest absolute Gasteiger partial charge is 0.269 e. The minimum Gasteiger partial charge on any atom is -0.487 e. The monoisotopic (exact) mass is 532 g/mol. The molecule has 0 N–H and O–H groups in total. The zero-order valence-corrected chi connectivity index (χ0v) is 19.9. The second-order valence-electron chi connectivity index (χ2n) is 7.77. The van der Waals surface area contributed by atoms with Crippen molar-refractivity contribution in [3.8, 4) is 11.4 Å². The molecule has 0 saturated heterocycles. The fraction of sp³-hybridized carbons (Fsp3) is 0.0800. The average molecular weight is 533 g/mol. The first-order valence-corrected chi connectivity index (χ1v) is 11.3. The number of ether oxygens (including phenoxy) is 1. The molecule has 5 aromatic rings. The largest absolute Gasteiger partial charge is 0.487 e. The highest BCUT2D eigenvalue weighted by molar-refractivity contribution is 9.10. The van der Waals surface area contributed by atoms with Gasteiger partial charge in [0.25, 0.3) is 5.69 Å². The highest BCUT2D eigenvalue weighted by Crippen LogP contribution is 2.30. The lowest BCUT2D eigenvalue weighted by Crippen LogP contribution is -2.01. The van der Waals surface area contributed by atoms with Crippen molar-refractivity contribution in [1.82, 2.24) is 15.0 Å². The molecule has 0 aliphatic rings. The summed E-state index contributed by atoms with van der Waals surface area (Å²) in [6.07, 6.45) is 1.69. The number of fused-ring (bicyclic) bond motifs is 1. The SMILES string of the molecule is Cc1c(C(=O)c2ccc(Br)cc2)oc2cc(OCc3cn(-c4ccc([N+](=O)[O-])cc4)nn3)ccc12. The highest BCUT2D eigenvalue weighted by Gasteiger charge is 2.19. The summed E-state index contributed by atoms with van der Waals surface area (Å²) in [6.45, 7) is 2.01. The molecule has 0 aliphatic carbocycles. The lowest BCUT2D eigenvalue weighted by Gasteiger charge is -2.03. The molecule has 0 radical (unpaired) electrons. The molecule has 174 valence electrons. The van der Waals surface area contributed by atoms with E-state index >= 15 is 0 Å². The molecule has 2 heterocycles. The summed E-state index contributed by atoms with van der Waals surface area (Å²) in [5.74, 6) is 0.667. The number of aryl methyl sites for hydroxylation is 1. The van der Waals surface area contributed by atoms with E-state index in [1.54, 1.807) is 42.6 Å². The van der Waals surface area contributed by atoms with Gasteiger partial charge in [-0.3, -0.25) is 14.9 Å². The van der Waals surface area contributed by atoms with Gasteiger partial charge in [0.15, 0.2) is 5.76 Å². The van der Waals surface area contributed by atoms with Crippen LogP contribution in [-0.4, -0.2) is 25.7 Å². The van der Waals surface area contributed by atoms with Crippen molar-refractivity contribution >= 4 is 38.4 Å². The molecule has 5 rings (SSSR count). The van der Waals surface area contributed by atoms with Crippen LogP contribution in [0.1, 0.15) is 27.4 Å². The highest BCUT2D eigenvalue weighted by atomic mass is 79.9. The van der Waals surface area contributed by atoms with Gasteiger partial charge in [0, 0.05) is 39.2 Å². The van der Waals surface area contributed by atoms with Crippen LogP contribution in [0, 0.1) is 17.0 Å². The number of halogens is 1. The Morgan fingerprint density at radius 1 is 1.11 bits per heavy atom. The number of nitro benzene ring substituents is 1. The molecule has 9 nitrogen and oxygen atoms in total. The van der Waals surface area contributed by atoms with Crippen molar-refractivity contribution in [3.05, 3.63) is 110 Å². The van der Waals surface area contributed by atoms with Crippen molar-refractivity contribution in [2.45, 2.75) is 13.5 Å². The van der Waals surface area contributed by atoms with Crippen LogP contribution in [0.25, 0.3) is 16.7 Å². The van der Waals surface area contributed by atoms with Crippen molar-refractivity contribution < 1.29 is 18.9 Å². The predicted octanol–water partition coefficient (Wildman–Crippen LogP) is 5.80. The predicted molar refractivity (Wildman–Crippen MR) is 131 cm³/mol. The molecule has 0 spiro atoms. The summed E-state index contributed by atoms with van der Waals surface area (Å²) in [6, 6.07) is 18.5. The van der Waals surface area contributed by atoms with E-state index in [2.05, 4.69) is 26.2 Å². The number of ketones is 1. The Balaban J connectivity index is 1.31. The summed E-state index contributed by atoms with van der Waals surface area (Å²) in [4.78, 5) is 23.3. The maximum Gasteiger partial charge on any atom is 0.269 e. The molecule has 0 atom stereocenters. The molecule has 35 heavy (non-hydrogen) atoms. The average Bonchev–Trinajstić information content (AvgIpc) is 3.47. The summed E-state index contributed by atoms with van der Waals surface area (Å²) >= 11 is 3.37. The minimum absolute atomic E-state index is 0.00248. The lowest BCUT2D eigenvalue weighted by atomic mass is 10.0. The number of hydrogen-bond donors (Lipinski definition) is 0. The lowest BCUT2D eigenvalue weighted by molar-refractivity contribution is -0.384. The molecule has 0 saturated carbocycles. The standard InChI is InChI=1S/C25H17BrN4O5/c1-15-22-11-10-21(12-23(22)35-25(15)24(31)16-2-4-17(26)5-3-16)34-14-18-13-29(28-27-18)19-6-8-20(9-7-19)30(32)33/h2-13H,14H2,1H3. The van der Waals surface area contributed by atoms with Gasteiger partial charge in [-0.25, -0.2) is 4.68 Å². The van der Waals surface area contributed by atoms with Gasteiger partial charge >= 0.3 is 0 Å². The number of aromatic nitrogens is 3. The molecule has 0 bridgehead atoms. The van der Waals surface area contributed by atoms with Gasteiger partial charge in [-0.2, -0.15) is 0 Å². The van der Waals surface area contributed by atoms with E-state index in [9.17, 15) is 14.9 Å².